The number of nitrogens with zero attached hydrogens (tertiary/aromatic N) is 4. The van der Waals surface area contributed by atoms with Crippen LogP contribution in [-0.4, -0.2) is 21.2 Å². The Morgan fingerprint density at radius 3 is 2.59 bits per heavy atom. The number of rotatable bonds is 5. The van der Waals surface area contributed by atoms with E-state index in [0.29, 0.717) is 22.3 Å². The monoisotopic (exact) mass is 488 g/mol. The van der Waals surface area contributed by atoms with Crippen molar-refractivity contribution < 1.29 is 17.6 Å². The SMILES string of the molecule is Fc1ccc(Nc2cc(Cl)nc(N/N=C/c3ccc(Br)nc3)n2)cc1C(F)(F)F. The Balaban J connectivity index is 1.76. The molecule has 2 heterocycles. The number of alkyl halides is 3. The van der Waals surface area contributed by atoms with E-state index in [1.165, 1.54) is 12.3 Å². The molecule has 0 spiro atoms. The zero-order chi connectivity index (χ0) is 21.0. The maximum absolute atomic E-state index is 13.4. The molecule has 6 nitrogen and oxygen atoms in total. The molecule has 0 saturated heterocycles. The normalized spacial score (nSPS) is 11.7. The summed E-state index contributed by atoms with van der Waals surface area (Å²) in [6, 6.07) is 7.29. The van der Waals surface area contributed by atoms with Crippen LogP contribution in [0.15, 0.2) is 52.3 Å². The van der Waals surface area contributed by atoms with Crippen molar-refractivity contribution in [3.63, 3.8) is 0 Å². The smallest absolute Gasteiger partial charge is 0.340 e. The molecule has 0 unspecified atom stereocenters. The molecule has 3 rings (SSSR count). The average Bonchev–Trinajstić information content (AvgIpc) is 2.64. The summed E-state index contributed by atoms with van der Waals surface area (Å²) >= 11 is 9.14. The number of benzene rings is 1. The van der Waals surface area contributed by atoms with Crippen molar-refractivity contribution in [2.75, 3.05) is 10.7 Å². The topological polar surface area (TPSA) is 75.1 Å². The predicted molar refractivity (Wildman–Crippen MR) is 105 cm³/mol. The highest BCUT2D eigenvalue weighted by Gasteiger charge is 2.34. The second-order valence-corrected chi connectivity index (χ2v) is 6.70. The van der Waals surface area contributed by atoms with Crippen LogP contribution in [0.4, 0.5) is 35.0 Å². The highest BCUT2D eigenvalue weighted by molar-refractivity contribution is 9.10. The van der Waals surface area contributed by atoms with E-state index in [-0.39, 0.29) is 22.6 Å². The minimum absolute atomic E-state index is 0.000484. The van der Waals surface area contributed by atoms with Gasteiger partial charge in [0, 0.05) is 23.5 Å². The Labute approximate surface area is 175 Å². The molecule has 0 aliphatic carbocycles. The first kappa shape index (κ1) is 20.9. The third-order valence-corrected chi connectivity index (χ3v) is 4.03. The number of anilines is 3. The number of hydrazone groups is 1. The van der Waals surface area contributed by atoms with Gasteiger partial charge < -0.3 is 5.32 Å². The molecule has 0 fully saturated rings. The molecule has 0 aliphatic rings. The summed E-state index contributed by atoms with van der Waals surface area (Å²) < 4.78 is 52.6. The summed E-state index contributed by atoms with van der Waals surface area (Å²) in [6.07, 6.45) is -1.78. The molecule has 0 bridgehead atoms. The van der Waals surface area contributed by atoms with Gasteiger partial charge in [0.2, 0.25) is 5.95 Å². The fourth-order valence-electron chi connectivity index (χ4n) is 2.13. The first-order valence-corrected chi connectivity index (χ1v) is 8.97. The van der Waals surface area contributed by atoms with Gasteiger partial charge in [0.05, 0.1) is 11.8 Å². The summed E-state index contributed by atoms with van der Waals surface area (Å²) in [5, 5.41) is 6.60. The fourth-order valence-corrected chi connectivity index (χ4v) is 2.55. The molecule has 0 amide bonds. The molecule has 0 radical (unpaired) electrons. The average molecular weight is 490 g/mol. The summed E-state index contributed by atoms with van der Waals surface area (Å²) in [5.41, 5.74) is 1.84. The van der Waals surface area contributed by atoms with E-state index in [2.05, 4.69) is 46.7 Å². The van der Waals surface area contributed by atoms with Gasteiger partial charge in [-0.15, -0.1) is 0 Å². The second kappa shape index (κ2) is 8.70. The van der Waals surface area contributed by atoms with Crippen molar-refractivity contribution in [1.29, 1.82) is 0 Å². The van der Waals surface area contributed by atoms with Gasteiger partial charge >= 0.3 is 6.18 Å². The van der Waals surface area contributed by atoms with Crippen LogP contribution < -0.4 is 10.7 Å². The van der Waals surface area contributed by atoms with Crippen LogP contribution in [0.3, 0.4) is 0 Å². The van der Waals surface area contributed by atoms with Gasteiger partial charge in [0.1, 0.15) is 21.4 Å². The van der Waals surface area contributed by atoms with E-state index in [1.807, 2.05) is 0 Å². The molecule has 0 atom stereocenters. The summed E-state index contributed by atoms with van der Waals surface area (Å²) in [6.45, 7) is 0. The third kappa shape index (κ3) is 5.84. The number of hydrogen-bond donors (Lipinski definition) is 2. The lowest BCUT2D eigenvalue weighted by Gasteiger charge is -2.12. The standard InChI is InChI=1S/C17H10BrClF4N6/c18-13-4-1-9(7-24-13)8-25-29-16-27-14(19)6-15(28-16)26-10-2-3-12(20)11(5-10)17(21,22)23/h1-8H,(H2,26,27,28,29)/b25-8+. The number of halogens is 6. The quantitative estimate of drug-likeness (QED) is 0.160. The molecule has 12 heteroatoms. The Bertz CT molecular complexity index is 1040. The van der Waals surface area contributed by atoms with Crippen LogP contribution in [0, 0.1) is 5.82 Å². The highest BCUT2D eigenvalue weighted by atomic mass is 79.9. The van der Waals surface area contributed by atoms with Gasteiger partial charge in [-0.1, -0.05) is 11.6 Å². The van der Waals surface area contributed by atoms with Crippen molar-refractivity contribution in [1.82, 2.24) is 15.0 Å². The van der Waals surface area contributed by atoms with Crippen LogP contribution in [0.2, 0.25) is 5.15 Å². The summed E-state index contributed by atoms with van der Waals surface area (Å²) in [4.78, 5) is 12.0. The minimum Gasteiger partial charge on any atom is -0.340 e. The van der Waals surface area contributed by atoms with Crippen LogP contribution in [-0.2, 0) is 6.18 Å². The van der Waals surface area contributed by atoms with Gasteiger partial charge in [0.25, 0.3) is 0 Å². The molecule has 2 N–H and O–H groups in total. The zero-order valence-electron chi connectivity index (χ0n) is 14.2. The van der Waals surface area contributed by atoms with Crippen LogP contribution in [0.25, 0.3) is 0 Å². The first-order valence-electron chi connectivity index (χ1n) is 7.80. The molecule has 150 valence electrons. The lowest BCUT2D eigenvalue weighted by atomic mass is 10.2. The van der Waals surface area contributed by atoms with Gasteiger partial charge in [0.15, 0.2) is 0 Å². The first-order chi connectivity index (χ1) is 13.7. The summed E-state index contributed by atoms with van der Waals surface area (Å²) in [5.74, 6) is -1.28. The van der Waals surface area contributed by atoms with Gasteiger partial charge in [-0.05, 0) is 46.3 Å². The highest BCUT2D eigenvalue weighted by Crippen LogP contribution is 2.33. The Hall–Kier alpha value is -2.79. The molecule has 1 aromatic carbocycles. The van der Waals surface area contributed by atoms with E-state index >= 15 is 0 Å². The van der Waals surface area contributed by atoms with Crippen molar-refractivity contribution in [3.8, 4) is 0 Å². The molecule has 0 saturated carbocycles. The molecule has 0 aliphatic heterocycles. The molecular formula is C17H10BrClF4N6. The predicted octanol–water partition coefficient (Wildman–Crippen LogP) is 5.64. The number of aromatic nitrogens is 3. The van der Waals surface area contributed by atoms with Gasteiger partial charge in [-0.3, -0.25) is 0 Å². The van der Waals surface area contributed by atoms with Crippen molar-refractivity contribution in [3.05, 3.63) is 69.3 Å². The molecule has 2 aromatic heterocycles. The van der Waals surface area contributed by atoms with E-state index < -0.39 is 17.6 Å². The molecule has 29 heavy (non-hydrogen) atoms. The van der Waals surface area contributed by atoms with Crippen molar-refractivity contribution in [2.24, 2.45) is 5.10 Å². The number of nitrogens with one attached hydrogen (secondary N) is 2. The fraction of sp³-hybridized carbons (Fsp3) is 0.0588. The largest absolute Gasteiger partial charge is 0.419 e. The van der Waals surface area contributed by atoms with Crippen LogP contribution >= 0.6 is 27.5 Å². The van der Waals surface area contributed by atoms with Gasteiger partial charge in [-0.2, -0.15) is 28.2 Å². The lowest BCUT2D eigenvalue weighted by Crippen LogP contribution is -2.09. The van der Waals surface area contributed by atoms with E-state index in [4.69, 9.17) is 11.6 Å². The van der Waals surface area contributed by atoms with Crippen LogP contribution in [0.5, 0.6) is 0 Å². The molecule has 3 aromatic rings. The second-order valence-electron chi connectivity index (χ2n) is 5.50. The maximum atomic E-state index is 13.4. The molecular weight excluding hydrogens is 480 g/mol. The van der Waals surface area contributed by atoms with Gasteiger partial charge in [-0.25, -0.2) is 14.8 Å². The minimum atomic E-state index is -4.82. The Morgan fingerprint density at radius 2 is 1.90 bits per heavy atom. The van der Waals surface area contributed by atoms with Crippen LogP contribution in [0.1, 0.15) is 11.1 Å². The van der Waals surface area contributed by atoms with Crippen molar-refractivity contribution in [2.45, 2.75) is 6.18 Å². The Morgan fingerprint density at radius 1 is 1.10 bits per heavy atom. The number of hydrogen-bond acceptors (Lipinski definition) is 6. The maximum Gasteiger partial charge on any atom is 0.419 e. The lowest BCUT2D eigenvalue weighted by molar-refractivity contribution is -0.139. The summed E-state index contributed by atoms with van der Waals surface area (Å²) in [7, 11) is 0. The Kier molecular flexibility index (Phi) is 6.28. The van der Waals surface area contributed by atoms with Crippen molar-refractivity contribution >= 4 is 51.2 Å². The van der Waals surface area contributed by atoms with E-state index in [1.54, 1.807) is 18.3 Å². The van der Waals surface area contributed by atoms with E-state index in [9.17, 15) is 17.6 Å². The number of pyridine rings is 1. The van der Waals surface area contributed by atoms with E-state index in [0.717, 1.165) is 6.07 Å². The zero-order valence-corrected chi connectivity index (χ0v) is 16.5. The third-order valence-electron chi connectivity index (χ3n) is 3.37.